The minimum absolute atomic E-state index is 0.0526. The Hall–Kier alpha value is -11.8. The molecule has 14 aromatic rings. The third kappa shape index (κ3) is 22.1. The number of carbonyl (C=O) groups is 1. The van der Waals surface area contributed by atoms with Gasteiger partial charge in [-0.25, -0.2) is 69.5 Å². The Kier molecular flexibility index (Phi) is 30.4. The van der Waals surface area contributed by atoms with Crippen molar-refractivity contribution in [3.05, 3.63) is 309 Å². The number of pyridine rings is 4. The van der Waals surface area contributed by atoms with E-state index in [4.69, 9.17) is 76.5 Å². The fraction of sp³-hybridized carbons (Fsp3) is 0.352. The normalized spacial score (nSPS) is 15.0. The molecule has 0 spiro atoms. The molecule has 5 N–H and O–H groups in total. The van der Waals surface area contributed by atoms with Gasteiger partial charge in [-0.1, -0.05) is 186 Å². The van der Waals surface area contributed by atoms with E-state index < -0.39 is 57.8 Å². The number of imidazole rings is 1. The summed E-state index contributed by atoms with van der Waals surface area (Å²) >= 11 is 27.3. The summed E-state index contributed by atoms with van der Waals surface area (Å²) in [7, 11) is 9.58. The molecule has 4 atom stereocenters. The molecule has 6 aromatic heterocycles. The molecule has 8 heterocycles. The van der Waals surface area contributed by atoms with Gasteiger partial charge < -0.3 is 58.9 Å². The number of aromatic nitrogens is 9. The van der Waals surface area contributed by atoms with Crippen molar-refractivity contribution < 1.29 is 84.0 Å². The monoisotopic (exact) mass is 1970 g/mol. The van der Waals surface area contributed by atoms with Gasteiger partial charge in [-0.3, -0.25) is 0 Å². The second kappa shape index (κ2) is 40.6. The number of hydrogen-bond donors (Lipinski definition) is 5. The summed E-state index contributed by atoms with van der Waals surface area (Å²) < 4.78 is 139. The SMILES string of the molecule is C#CC(O)(c1ccc2nc(OC)c(Cc3ccc(C(C)(F)F)cc3)c(Cl)c2c1)C1CNC1.CCC(O)(c1ccc2nc(OC)c(Cc3ccc(C(C)(F)F)cc3)c(Cl)c2c1)C1CN(C(=O)OC(C)(C)C)C1.COc1nc2ccc(C(C)(O)c3cnc(C)n3C)cc2c(Cl)c1Cc1ccc(C(C)(F)F)cc1.COc1nc2ccc(C(C)(O)c3cnnn3C)cc2c(Cl)c1Cc1ccc(C(C)(F)F)cc1. The van der Waals surface area contributed by atoms with Crippen LogP contribution < -0.4 is 24.3 Å². The Morgan fingerprint density at radius 1 is 0.449 bits per heavy atom. The number of aliphatic hydroxyl groups is 4. The molecule has 2 saturated heterocycles. The lowest BCUT2D eigenvalue weighted by Crippen LogP contribution is -2.58. The zero-order chi connectivity index (χ0) is 101. The van der Waals surface area contributed by atoms with Crippen LogP contribution in [0.5, 0.6) is 23.5 Å². The molecule has 2 aliphatic rings. The highest BCUT2D eigenvalue weighted by molar-refractivity contribution is 6.38. The van der Waals surface area contributed by atoms with Crippen LogP contribution in [0, 0.1) is 31.1 Å². The molecular formula is C105H107Cl4F8N11O10. The van der Waals surface area contributed by atoms with Crippen molar-refractivity contribution in [2.24, 2.45) is 25.9 Å². The number of alkyl halides is 8. The van der Waals surface area contributed by atoms with Crippen LogP contribution in [0.1, 0.15) is 182 Å². The summed E-state index contributed by atoms with van der Waals surface area (Å²) in [5.74, 6) is -7.15. The smallest absolute Gasteiger partial charge is 0.410 e. The molecule has 726 valence electrons. The van der Waals surface area contributed by atoms with Gasteiger partial charge >= 0.3 is 6.09 Å². The van der Waals surface area contributed by atoms with Gasteiger partial charge in [0.1, 0.15) is 22.6 Å². The minimum Gasteiger partial charge on any atom is -0.481 e. The average molecular weight is 1980 g/mol. The van der Waals surface area contributed by atoms with Gasteiger partial charge in [0, 0.05) is 172 Å². The number of halogens is 12. The molecule has 0 radical (unpaired) electrons. The van der Waals surface area contributed by atoms with E-state index in [0.717, 1.165) is 55.8 Å². The lowest BCUT2D eigenvalue weighted by Gasteiger charge is -2.48. The van der Waals surface area contributed by atoms with E-state index in [1.165, 1.54) is 87.8 Å². The lowest BCUT2D eigenvalue weighted by molar-refractivity contribution is -0.0945. The number of benzene rings is 8. The molecule has 21 nitrogen and oxygen atoms in total. The van der Waals surface area contributed by atoms with Crippen LogP contribution in [0.3, 0.4) is 0 Å². The topological polar surface area (TPSA) is 260 Å². The maximum Gasteiger partial charge on any atom is 0.410 e. The van der Waals surface area contributed by atoms with Crippen LogP contribution in [0.25, 0.3) is 43.6 Å². The fourth-order valence-corrected chi connectivity index (χ4v) is 18.0. The Morgan fingerprint density at radius 3 is 1.02 bits per heavy atom. The molecule has 138 heavy (non-hydrogen) atoms. The summed E-state index contributed by atoms with van der Waals surface area (Å²) in [5.41, 5.74) is 5.66. The molecule has 0 aliphatic carbocycles. The third-order valence-electron chi connectivity index (χ3n) is 25.4. The molecule has 2 aliphatic heterocycles. The maximum atomic E-state index is 13.6. The third-order valence-corrected chi connectivity index (χ3v) is 27.1. The first-order chi connectivity index (χ1) is 64.8. The number of terminal acetylenes is 1. The van der Waals surface area contributed by atoms with Gasteiger partial charge in [0.25, 0.3) is 23.7 Å². The molecule has 2 fully saturated rings. The second-order valence-electron chi connectivity index (χ2n) is 36.4. The molecule has 8 aromatic carbocycles. The van der Waals surface area contributed by atoms with Crippen molar-refractivity contribution in [3.63, 3.8) is 0 Å². The Balaban J connectivity index is 0.000000156. The number of hydrogen-bond acceptors (Lipinski definition) is 18. The first-order valence-electron chi connectivity index (χ1n) is 44.2. The average Bonchev–Trinajstić information content (AvgIpc) is 1.31. The summed E-state index contributed by atoms with van der Waals surface area (Å²) in [6.45, 7) is 18.1. The highest BCUT2D eigenvalue weighted by Crippen LogP contribution is 2.47. The van der Waals surface area contributed by atoms with E-state index in [1.54, 1.807) is 135 Å². The highest BCUT2D eigenvalue weighted by atomic mass is 35.5. The maximum absolute atomic E-state index is 13.6. The van der Waals surface area contributed by atoms with Gasteiger partial charge in [0.15, 0.2) is 5.60 Å². The number of nitrogens with one attached hydrogen (secondary N) is 1. The molecule has 0 bridgehead atoms. The predicted molar refractivity (Wildman–Crippen MR) is 519 cm³/mol. The second-order valence-corrected chi connectivity index (χ2v) is 37.9. The Labute approximate surface area is 814 Å². The zero-order valence-electron chi connectivity index (χ0n) is 79.2. The Morgan fingerprint density at radius 2 is 0.754 bits per heavy atom. The van der Waals surface area contributed by atoms with Crippen molar-refractivity contribution in [3.8, 4) is 35.9 Å². The van der Waals surface area contributed by atoms with Crippen LogP contribution in [-0.4, -0.2) is 136 Å². The summed E-state index contributed by atoms with van der Waals surface area (Å²) in [6, 6.07) is 45.9. The molecule has 1 amide bonds. The van der Waals surface area contributed by atoms with Crippen molar-refractivity contribution in [1.29, 1.82) is 0 Å². The van der Waals surface area contributed by atoms with E-state index in [-0.39, 0.29) is 34.1 Å². The van der Waals surface area contributed by atoms with Crippen LogP contribution in [-0.2, 0) is 90.6 Å². The molecule has 0 saturated carbocycles. The van der Waals surface area contributed by atoms with Crippen molar-refractivity contribution in [1.82, 2.24) is 54.7 Å². The number of nitrogens with zero attached hydrogens (tertiary/aromatic N) is 10. The number of fused-ring (bicyclic) bond motifs is 4. The summed E-state index contributed by atoms with van der Waals surface area (Å²) in [6.07, 6.45) is 10.3. The number of methoxy groups -OCH3 is 4. The van der Waals surface area contributed by atoms with Gasteiger partial charge in [-0.05, 0) is 141 Å². The standard InChI is InChI=1S/C30H35ClF2N2O4.C26H26ClF2N3O2.C25H23ClF2N2O2.C24H23ClF2N4O2/c1-7-30(37,21-16-35(17-21)27(36)39-28(2,3)4)20-12-13-24-22(15-20)25(31)23(26(34-24)38-6)14-18-8-10-19(11-9-18)29(5,32)33;1-15-30-14-22(32(15)4)25(2,33)18-10-11-21-19(13-18)23(27)20(24(31-21)34-5)12-16-6-8-17(9-7-16)26(3,28)29;1-4-25(31,18-13-29-14-18)17-9-10-21-19(12-17)22(26)20(23(30-21)32-3)11-15-5-7-16(8-6-15)24(2,27)28;1-23(32,20-13-28-30-31(20)3)16-9-10-19-17(12-16)21(25)18(22(29-19)33-4)11-14-5-7-15(8-6-14)24(2,26)27/h8-13,15,21,37H,7,14,16-17H2,1-6H3;6-11,13-14,33H,12H2,1-5H3;1,5-10,12,18,29,31H,11,13-14H2,2-3H3;5-10,12-13,32H,11H2,1-4H3. The number of carbonyl (C=O) groups excluding carboxylic acids is 1. The molecule has 33 heteroatoms. The summed E-state index contributed by atoms with van der Waals surface area (Å²) in [4.78, 5) is 36.7. The number of aryl methyl sites for hydroxylation is 2. The lowest BCUT2D eigenvalue weighted by atomic mass is 9.75. The highest BCUT2D eigenvalue weighted by Gasteiger charge is 2.48. The van der Waals surface area contributed by atoms with E-state index in [9.17, 15) is 60.3 Å². The van der Waals surface area contributed by atoms with E-state index in [0.29, 0.717) is 201 Å². The van der Waals surface area contributed by atoms with E-state index in [1.807, 2.05) is 64.4 Å². The van der Waals surface area contributed by atoms with Gasteiger partial charge in [0.05, 0.1) is 100.0 Å². The van der Waals surface area contributed by atoms with Gasteiger partial charge in [-0.15, -0.1) is 11.5 Å². The van der Waals surface area contributed by atoms with Gasteiger partial charge in [0.2, 0.25) is 23.5 Å². The quantitative estimate of drug-likeness (QED) is 0.0263. The van der Waals surface area contributed by atoms with Crippen LogP contribution in [0.15, 0.2) is 182 Å². The minimum atomic E-state index is -2.92. The first-order valence-corrected chi connectivity index (χ1v) is 45.7. The van der Waals surface area contributed by atoms with Crippen molar-refractivity contribution >= 4 is 96.1 Å². The van der Waals surface area contributed by atoms with Crippen molar-refractivity contribution in [2.45, 2.75) is 160 Å². The number of ether oxygens (including phenoxy) is 5. The fourth-order valence-electron chi connectivity index (χ4n) is 16.8. The first kappa shape index (κ1) is 104. The Bertz CT molecular complexity index is 6870. The zero-order valence-corrected chi connectivity index (χ0v) is 82.2. The van der Waals surface area contributed by atoms with Crippen LogP contribution >= 0.6 is 46.4 Å². The van der Waals surface area contributed by atoms with Crippen LogP contribution in [0.2, 0.25) is 20.1 Å². The molecule has 16 rings (SSSR count). The number of likely N-dealkylation sites (tertiary alicyclic amines) is 1. The van der Waals surface area contributed by atoms with E-state index >= 15 is 0 Å². The predicted octanol–water partition coefficient (Wildman–Crippen LogP) is 22.6. The van der Waals surface area contributed by atoms with E-state index in [2.05, 4.69) is 46.5 Å². The van der Waals surface area contributed by atoms with Crippen molar-refractivity contribution in [2.75, 3.05) is 54.6 Å². The largest absolute Gasteiger partial charge is 0.481 e. The molecule has 4 unspecified atom stereocenters. The number of rotatable bonds is 25. The van der Waals surface area contributed by atoms with Crippen LogP contribution in [0.4, 0.5) is 39.9 Å². The van der Waals surface area contributed by atoms with Gasteiger partial charge in [-0.2, -0.15) is 0 Å². The molecular weight excluding hydrogens is 1870 g/mol. The summed E-state index contributed by atoms with van der Waals surface area (Å²) in [5, 5.41) is 60.7. The number of amides is 1.